The molecule has 1 unspecified atom stereocenters. The number of unbranched alkanes of at least 4 members (excludes halogenated alkanes) is 13. The van der Waals surface area contributed by atoms with E-state index in [1.165, 1.54) is 109 Å². The lowest BCUT2D eigenvalue weighted by atomic mass is 9.91. The predicted molar refractivity (Wildman–Crippen MR) is 146 cm³/mol. The molecule has 1 atom stereocenters. The summed E-state index contributed by atoms with van der Waals surface area (Å²) in [6, 6.07) is 0. The lowest BCUT2D eigenvalue weighted by molar-refractivity contribution is -0.143. The van der Waals surface area contributed by atoms with Crippen molar-refractivity contribution in [2.45, 2.75) is 142 Å². The summed E-state index contributed by atoms with van der Waals surface area (Å²) in [6.45, 7) is 5.92. The number of hydrogen-bond donors (Lipinski definition) is 0. The van der Waals surface area contributed by atoms with E-state index in [9.17, 15) is 4.79 Å². The molecule has 3 heteroatoms. The minimum atomic E-state index is -0.0463. The van der Waals surface area contributed by atoms with Gasteiger partial charge in [-0.3, -0.25) is 4.79 Å². The van der Waals surface area contributed by atoms with Gasteiger partial charge in [-0.15, -0.1) is 0 Å². The van der Waals surface area contributed by atoms with Gasteiger partial charge >= 0.3 is 5.97 Å². The van der Waals surface area contributed by atoms with Crippen molar-refractivity contribution in [1.82, 2.24) is 4.90 Å². The van der Waals surface area contributed by atoms with Crippen LogP contribution in [-0.2, 0) is 9.53 Å². The van der Waals surface area contributed by atoms with Crippen LogP contribution in [0, 0.1) is 5.92 Å². The highest BCUT2D eigenvalue weighted by atomic mass is 16.5. The smallest absolute Gasteiger partial charge is 0.305 e. The molecule has 0 aromatic heterocycles. The molecule has 0 rings (SSSR count). The van der Waals surface area contributed by atoms with E-state index < -0.39 is 0 Å². The van der Waals surface area contributed by atoms with E-state index in [2.05, 4.69) is 38.1 Å². The average Bonchev–Trinajstić information content (AvgIpc) is 2.79. The Morgan fingerprint density at radius 2 is 1.21 bits per heavy atom. The first-order valence-corrected chi connectivity index (χ1v) is 14.5. The van der Waals surface area contributed by atoms with Gasteiger partial charge < -0.3 is 9.64 Å². The van der Waals surface area contributed by atoms with Crippen LogP contribution in [0.3, 0.4) is 0 Å². The van der Waals surface area contributed by atoms with Crippen molar-refractivity contribution in [2.24, 2.45) is 5.92 Å². The normalized spacial score (nSPS) is 12.6. The van der Waals surface area contributed by atoms with Gasteiger partial charge in [0.2, 0.25) is 0 Å². The molecule has 0 heterocycles. The largest absolute Gasteiger partial charge is 0.466 e. The predicted octanol–water partition coefficient (Wildman–Crippen LogP) is 9.11. The summed E-state index contributed by atoms with van der Waals surface area (Å²) in [5, 5.41) is 0. The van der Waals surface area contributed by atoms with Gasteiger partial charge in [0.15, 0.2) is 0 Å². The lowest BCUT2D eigenvalue weighted by Crippen LogP contribution is -2.17. The van der Waals surface area contributed by atoms with E-state index in [4.69, 9.17) is 4.74 Å². The Morgan fingerprint density at radius 1 is 0.697 bits per heavy atom. The van der Waals surface area contributed by atoms with Crippen molar-refractivity contribution in [3.8, 4) is 0 Å². The van der Waals surface area contributed by atoms with Crippen molar-refractivity contribution >= 4 is 5.97 Å². The summed E-state index contributed by atoms with van der Waals surface area (Å²) in [6.07, 6.45) is 30.7. The van der Waals surface area contributed by atoms with Crippen LogP contribution in [0.4, 0.5) is 0 Å². The third-order valence-corrected chi connectivity index (χ3v) is 6.66. The molecule has 0 amide bonds. The van der Waals surface area contributed by atoms with Crippen molar-refractivity contribution in [2.75, 3.05) is 27.2 Å². The summed E-state index contributed by atoms with van der Waals surface area (Å²) >= 11 is 0. The number of carbonyl (C=O) groups excluding carboxylic acids is 1. The third kappa shape index (κ3) is 25.6. The van der Waals surface area contributed by atoms with Gasteiger partial charge in [0, 0.05) is 6.42 Å². The van der Waals surface area contributed by atoms with Crippen LogP contribution in [-0.4, -0.2) is 38.1 Å². The molecular weight excluding hydrogens is 406 g/mol. The first-order valence-electron chi connectivity index (χ1n) is 14.5. The first-order chi connectivity index (χ1) is 16.1. The van der Waals surface area contributed by atoms with Crippen LogP contribution < -0.4 is 0 Å². The van der Waals surface area contributed by atoms with Crippen molar-refractivity contribution in [3.63, 3.8) is 0 Å². The Morgan fingerprint density at radius 3 is 1.76 bits per heavy atom. The molecule has 0 aromatic rings. The fourth-order valence-corrected chi connectivity index (χ4v) is 4.49. The number of hydrogen-bond acceptors (Lipinski definition) is 3. The average molecular weight is 466 g/mol. The number of esters is 1. The molecule has 0 aliphatic carbocycles. The van der Waals surface area contributed by atoms with E-state index in [0.717, 1.165) is 25.2 Å². The fraction of sp³-hybridized carbons (Fsp3) is 0.900. The Bertz CT molecular complexity index is 433. The maximum atomic E-state index is 11.3. The van der Waals surface area contributed by atoms with E-state index in [-0.39, 0.29) is 5.97 Å². The summed E-state index contributed by atoms with van der Waals surface area (Å²) < 4.78 is 4.95. The van der Waals surface area contributed by atoms with Gasteiger partial charge in [-0.2, -0.15) is 0 Å². The number of allylic oxidation sites excluding steroid dienone is 2. The molecule has 0 fully saturated rings. The number of ether oxygens (including phenoxy) is 1. The zero-order chi connectivity index (χ0) is 24.4. The molecule has 33 heavy (non-hydrogen) atoms. The maximum Gasteiger partial charge on any atom is 0.305 e. The van der Waals surface area contributed by atoms with Crippen molar-refractivity contribution in [3.05, 3.63) is 12.2 Å². The van der Waals surface area contributed by atoms with Gasteiger partial charge in [-0.05, 0) is 72.0 Å². The molecule has 3 nitrogen and oxygen atoms in total. The molecule has 0 saturated carbocycles. The number of nitrogens with zero attached hydrogens (tertiary/aromatic N) is 1. The van der Waals surface area contributed by atoms with Crippen LogP contribution in [0.5, 0.6) is 0 Å². The fourth-order valence-electron chi connectivity index (χ4n) is 4.49. The Labute approximate surface area is 208 Å². The zero-order valence-corrected chi connectivity index (χ0v) is 23.1. The van der Waals surface area contributed by atoms with Gasteiger partial charge in [0.05, 0.1) is 6.61 Å². The summed E-state index contributed by atoms with van der Waals surface area (Å²) in [7, 11) is 4.42. The molecule has 0 aromatic carbocycles. The number of carbonyl (C=O) groups is 1. The van der Waals surface area contributed by atoms with Crippen molar-refractivity contribution < 1.29 is 9.53 Å². The molecule has 0 saturated heterocycles. The second-order valence-electron chi connectivity index (χ2n) is 10.2. The van der Waals surface area contributed by atoms with Gasteiger partial charge in [-0.1, -0.05) is 103 Å². The molecule has 0 N–H and O–H groups in total. The van der Waals surface area contributed by atoms with Crippen LogP contribution in [0.2, 0.25) is 0 Å². The van der Waals surface area contributed by atoms with E-state index >= 15 is 0 Å². The van der Waals surface area contributed by atoms with Gasteiger partial charge in [0.25, 0.3) is 0 Å². The summed E-state index contributed by atoms with van der Waals surface area (Å²) in [5.74, 6) is 0.902. The Kier molecular flexibility index (Phi) is 25.1. The van der Waals surface area contributed by atoms with Crippen LogP contribution in [0.25, 0.3) is 0 Å². The topological polar surface area (TPSA) is 29.5 Å². The highest BCUT2D eigenvalue weighted by Gasteiger charge is 2.09. The Hall–Kier alpha value is -0.830. The molecular formula is C30H59NO2. The highest BCUT2D eigenvalue weighted by molar-refractivity contribution is 5.69. The molecule has 0 bridgehead atoms. The van der Waals surface area contributed by atoms with E-state index in [1.54, 1.807) is 0 Å². The second-order valence-corrected chi connectivity index (χ2v) is 10.2. The highest BCUT2D eigenvalue weighted by Crippen LogP contribution is 2.22. The van der Waals surface area contributed by atoms with Crippen LogP contribution in [0.15, 0.2) is 12.2 Å². The number of rotatable bonds is 25. The first kappa shape index (κ1) is 32.2. The zero-order valence-electron chi connectivity index (χ0n) is 23.1. The molecule has 0 aliphatic heterocycles. The lowest BCUT2D eigenvalue weighted by Gasteiger charge is -2.19. The minimum absolute atomic E-state index is 0.0463. The van der Waals surface area contributed by atoms with Crippen molar-refractivity contribution in [1.29, 1.82) is 0 Å². The quantitative estimate of drug-likeness (QED) is 0.0764. The van der Waals surface area contributed by atoms with Gasteiger partial charge in [0.1, 0.15) is 0 Å². The monoisotopic (exact) mass is 465 g/mol. The van der Waals surface area contributed by atoms with E-state index in [1.807, 2.05) is 6.92 Å². The molecule has 196 valence electrons. The third-order valence-electron chi connectivity index (χ3n) is 6.66. The van der Waals surface area contributed by atoms with Crippen LogP contribution >= 0.6 is 0 Å². The summed E-state index contributed by atoms with van der Waals surface area (Å²) in [5.41, 5.74) is 0. The standard InChI is InChI=1S/C30H59NO2/c1-5-7-8-18-21-24-29(27-28-31(3)4)25-22-19-16-14-12-10-9-11-13-15-17-20-23-26-30(32)33-6-2/h11,13,29H,5-10,12,14-28H2,1-4H3/b13-11-. The molecule has 0 aliphatic rings. The minimum Gasteiger partial charge on any atom is -0.466 e. The maximum absolute atomic E-state index is 11.3. The second kappa shape index (κ2) is 25.8. The molecule has 0 spiro atoms. The van der Waals surface area contributed by atoms with Gasteiger partial charge in [-0.25, -0.2) is 0 Å². The molecule has 0 radical (unpaired) electrons. The van der Waals surface area contributed by atoms with E-state index in [0.29, 0.717) is 13.0 Å². The van der Waals surface area contributed by atoms with Crippen LogP contribution in [0.1, 0.15) is 142 Å². The Balaban J connectivity index is 3.56. The summed E-state index contributed by atoms with van der Waals surface area (Å²) in [4.78, 5) is 13.6. The SMILES string of the molecule is CCCCCCCC(CCCCCCCC/C=C\CCCCCC(=O)OCC)CCN(C)C.